The maximum absolute atomic E-state index is 12.4. The molecule has 112 valence electrons. The Kier molecular flexibility index (Phi) is 4.66. The molecule has 1 fully saturated rings. The summed E-state index contributed by atoms with van der Waals surface area (Å²) in [6.07, 6.45) is 8.93. The summed E-state index contributed by atoms with van der Waals surface area (Å²) in [4.78, 5) is 16.9. The van der Waals surface area contributed by atoms with Crippen LogP contribution in [-0.4, -0.2) is 15.3 Å². The minimum absolute atomic E-state index is 0.00800. The minimum Gasteiger partial charge on any atom is -0.335 e. The van der Waals surface area contributed by atoms with Crippen molar-refractivity contribution in [1.82, 2.24) is 9.55 Å². The summed E-state index contributed by atoms with van der Waals surface area (Å²) in [5.41, 5.74) is 0.00800. The number of nitrogens with zero attached hydrogens (tertiary/aromatic N) is 2. The molecule has 0 amide bonds. The monoisotopic (exact) mass is 276 g/mol. The normalized spacial score (nSPS) is 24.1. The Morgan fingerprint density at radius 1 is 1.40 bits per heavy atom. The molecule has 1 aliphatic rings. The van der Waals surface area contributed by atoms with Gasteiger partial charge in [-0.15, -0.1) is 0 Å². The third kappa shape index (κ3) is 3.31. The van der Waals surface area contributed by atoms with Gasteiger partial charge in [-0.1, -0.05) is 27.7 Å². The van der Waals surface area contributed by atoms with E-state index in [1.807, 2.05) is 6.20 Å². The molecule has 1 aromatic heterocycles. The van der Waals surface area contributed by atoms with Crippen LogP contribution in [0.25, 0.3) is 0 Å². The second kappa shape index (κ2) is 6.11. The highest BCUT2D eigenvalue weighted by atomic mass is 16.1. The van der Waals surface area contributed by atoms with Gasteiger partial charge in [0.15, 0.2) is 0 Å². The van der Waals surface area contributed by atoms with Crippen LogP contribution in [0.1, 0.15) is 59.2 Å². The highest BCUT2D eigenvalue weighted by Gasteiger charge is 2.38. The van der Waals surface area contributed by atoms with E-state index < -0.39 is 0 Å². The number of hydrogen-bond acceptors (Lipinski definition) is 2. The van der Waals surface area contributed by atoms with Gasteiger partial charge in [0.1, 0.15) is 11.6 Å². The van der Waals surface area contributed by atoms with Gasteiger partial charge in [-0.05, 0) is 30.6 Å². The minimum atomic E-state index is 0.00800. The summed E-state index contributed by atoms with van der Waals surface area (Å²) >= 11 is 0. The van der Waals surface area contributed by atoms with Crippen molar-refractivity contribution in [3.63, 3.8) is 0 Å². The van der Waals surface area contributed by atoms with E-state index in [9.17, 15) is 4.79 Å². The number of carbonyl (C=O) groups is 1. The van der Waals surface area contributed by atoms with Gasteiger partial charge in [-0.3, -0.25) is 4.79 Å². The Morgan fingerprint density at radius 3 is 2.80 bits per heavy atom. The lowest BCUT2D eigenvalue weighted by atomic mass is 9.67. The van der Waals surface area contributed by atoms with Crippen molar-refractivity contribution in [2.75, 3.05) is 0 Å². The quantitative estimate of drug-likeness (QED) is 0.818. The smallest absolute Gasteiger partial charge is 0.136 e. The number of aryl methyl sites for hydroxylation is 1. The first-order valence-electron chi connectivity index (χ1n) is 7.96. The number of carbonyl (C=O) groups excluding carboxylic acids is 1. The van der Waals surface area contributed by atoms with Crippen LogP contribution in [0, 0.1) is 17.3 Å². The first-order chi connectivity index (χ1) is 9.44. The van der Waals surface area contributed by atoms with E-state index in [4.69, 9.17) is 0 Å². The Balaban J connectivity index is 2.10. The van der Waals surface area contributed by atoms with Crippen molar-refractivity contribution >= 4 is 5.78 Å². The fourth-order valence-corrected chi connectivity index (χ4v) is 3.51. The first kappa shape index (κ1) is 15.3. The summed E-state index contributed by atoms with van der Waals surface area (Å²) in [6, 6.07) is 0. The molecular weight excluding hydrogens is 248 g/mol. The Morgan fingerprint density at radius 2 is 2.15 bits per heavy atom. The fourth-order valence-electron chi connectivity index (χ4n) is 3.51. The average Bonchev–Trinajstić information content (AvgIpc) is 2.76. The van der Waals surface area contributed by atoms with Crippen molar-refractivity contribution in [3.05, 3.63) is 18.2 Å². The van der Waals surface area contributed by atoms with Crippen LogP contribution in [0.15, 0.2) is 12.4 Å². The van der Waals surface area contributed by atoms with Crippen LogP contribution in [0.5, 0.6) is 0 Å². The van der Waals surface area contributed by atoms with Crippen molar-refractivity contribution in [2.45, 2.75) is 66.3 Å². The maximum atomic E-state index is 12.4. The highest BCUT2D eigenvalue weighted by molar-refractivity contribution is 5.82. The average molecular weight is 276 g/mol. The molecule has 3 heteroatoms. The lowest BCUT2D eigenvalue weighted by Crippen LogP contribution is -2.37. The molecule has 2 unspecified atom stereocenters. The summed E-state index contributed by atoms with van der Waals surface area (Å²) < 4.78 is 2.23. The second-order valence-electron chi connectivity index (χ2n) is 7.11. The molecule has 0 spiro atoms. The number of ketones is 1. The lowest BCUT2D eigenvalue weighted by molar-refractivity contribution is -0.130. The van der Waals surface area contributed by atoms with E-state index in [1.165, 1.54) is 6.42 Å². The Bertz CT molecular complexity index is 461. The molecule has 0 aromatic carbocycles. The molecule has 3 nitrogen and oxygen atoms in total. The molecule has 1 saturated carbocycles. The maximum Gasteiger partial charge on any atom is 0.136 e. The number of rotatable bonds is 5. The molecular formula is C17H28N2O. The van der Waals surface area contributed by atoms with Gasteiger partial charge in [-0.25, -0.2) is 4.98 Å². The first-order valence-corrected chi connectivity index (χ1v) is 7.96. The number of hydrogen-bond donors (Lipinski definition) is 0. The molecule has 0 radical (unpaired) electrons. The molecule has 0 N–H and O–H groups in total. The summed E-state index contributed by atoms with van der Waals surface area (Å²) in [6.45, 7) is 9.85. The van der Waals surface area contributed by atoms with E-state index in [2.05, 4.69) is 43.4 Å². The van der Waals surface area contributed by atoms with Gasteiger partial charge < -0.3 is 4.57 Å². The topological polar surface area (TPSA) is 34.9 Å². The largest absolute Gasteiger partial charge is 0.335 e. The van der Waals surface area contributed by atoms with E-state index in [1.54, 1.807) is 0 Å². The zero-order valence-electron chi connectivity index (χ0n) is 13.4. The van der Waals surface area contributed by atoms with Crippen molar-refractivity contribution in [1.29, 1.82) is 0 Å². The molecule has 0 saturated heterocycles. The van der Waals surface area contributed by atoms with Crippen LogP contribution in [0.3, 0.4) is 0 Å². The zero-order valence-corrected chi connectivity index (χ0v) is 13.4. The van der Waals surface area contributed by atoms with E-state index in [0.717, 1.165) is 38.1 Å². The van der Waals surface area contributed by atoms with E-state index in [-0.39, 0.29) is 11.3 Å². The lowest BCUT2D eigenvalue weighted by Gasteiger charge is -2.37. The van der Waals surface area contributed by atoms with Gasteiger partial charge in [-0.2, -0.15) is 0 Å². The number of aromatic nitrogens is 2. The molecule has 1 aliphatic carbocycles. The number of Topliss-reactive ketones (excluding diaryl/α,β-unsaturated/α-hetero) is 1. The Hall–Kier alpha value is -1.12. The fraction of sp³-hybridized carbons (Fsp3) is 0.765. The van der Waals surface area contributed by atoms with Crippen LogP contribution in [0.2, 0.25) is 0 Å². The zero-order chi connectivity index (χ0) is 14.8. The van der Waals surface area contributed by atoms with Crippen molar-refractivity contribution < 1.29 is 4.79 Å². The van der Waals surface area contributed by atoms with Gasteiger partial charge in [0.25, 0.3) is 0 Å². The molecule has 0 aliphatic heterocycles. The van der Waals surface area contributed by atoms with Crippen LogP contribution in [0.4, 0.5) is 0 Å². The van der Waals surface area contributed by atoms with Crippen LogP contribution >= 0.6 is 0 Å². The standard InChI is InChI=1S/C17H28N2O/c1-5-9-19-10-8-18-16(19)12-17(3,4)14-7-6-13(2)11-15(14)20/h8,10,13-14H,5-7,9,11-12H2,1-4H3. The van der Waals surface area contributed by atoms with Crippen LogP contribution < -0.4 is 0 Å². The molecule has 20 heavy (non-hydrogen) atoms. The molecule has 0 bridgehead atoms. The van der Waals surface area contributed by atoms with Crippen molar-refractivity contribution in [3.8, 4) is 0 Å². The van der Waals surface area contributed by atoms with Gasteiger partial charge in [0.05, 0.1) is 0 Å². The predicted octanol–water partition coefficient (Wildman–Crippen LogP) is 3.87. The number of imidazole rings is 1. The third-order valence-electron chi connectivity index (χ3n) is 4.71. The van der Waals surface area contributed by atoms with E-state index in [0.29, 0.717) is 11.7 Å². The summed E-state index contributed by atoms with van der Waals surface area (Å²) in [5, 5.41) is 0. The van der Waals surface area contributed by atoms with E-state index >= 15 is 0 Å². The van der Waals surface area contributed by atoms with Crippen molar-refractivity contribution in [2.24, 2.45) is 17.3 Å². The third-order valence-corrected chi connectivity index (χ3v) is 4.71. The SMILES string of the molecule is CCCn1ccnc1CC(C)(C)C1CCC(C)CC1=O. The molecule has 1 aromatic rings. The van der Waals surface area contributed by atoms with Gasteiger partial charge in [0, 0.05) is 37.7 Å². The second-order valence-corrected chi connectivity index (χ2v) is 7.11. The predicted molar refractivity (Wildman–Crippen MR) is 81.5 cm³/mol. The Labute approximate surface area is 122 Å². The summed E-state index contributed by atoms with van der Waals surface area (Å²) in [7, 11) is 0. The highest BCUT2D eigenvalue weighted by Crippen LogP contribution is 2.39. The van der Waals surface area contributed by atoms with Gasteiger partial charge in [0.2, 0.25) is 0 Å². The summed E-state index contributed by atoms with van der Waals surface area (Å²) in [5.74, 6) is 2.35. The molecule has 2 rings (SSSR count). The molecule has 2 atom stereocenters. The van der Waals surface area contributed by atoms with Crippen LogP contribution in [-0.2, 0) is 17.8 Å². The van der Waals surface area contributed by atoms with Gasteiger partial charge >= 0.3 is 0 Å². The molecule has 1 heterocycles.